The number of nitrogens with one attached hydrogen (secondary N) is 3. The molecule has 1 saturated carbocycles. The first kappa shape index (κ1) is 15.4. The lowest BCUT2D eigenvalue weighted by Gasteiger charge is -2.12. The Balaban J connectivity index is 1.55. The zero-order chi connectivity index (χ0) is 14.9. The lowest BCUT2D eigenvalue weighted by molar-refractivity contribution is -0.121. The van der Waals surface area contributed by atoms with Crippen molar-refractivity contribution in [2.45, 2.75) is 44.7 Å². The molecule has 0 spiro atoms. The molecule has 114 valence electrons. The van der Waals surface area contributed by atoms with Crippen LogP contribution in [-0.2, 0) is 11.3 Å². The molecule has 0 atom stereocenters. The van der Waals surface area contributed by atoms with Gasteiger partial charge in [0.05, 0.1) is 0 Å². The summed E-state index contributed by atoms with van der Waals surface area (Å²) in [4.78, 5) is 23.3. The third-order valence-electron chi connectivity index (χ3n) is 3.65. The highest BCUT2D eigenvalue weighted by Gasteiger charge is 2.16. The van der Waals surface area contributed by atoms with Crippen molar-refractivity contribution in [2.75, 3.05) is 6.54 Å². The van der Waals surface area contributed by atoms with Crippen molar-refractivity contribution >= 4 is 11.9 Å². The van der Waals surface area contributed by atoms with Crippen LogP contribution in [0, 0.1) is 0 Å². The van der Waals surface area contributed by atoms with Gasteiger partial charge < -0.3 is 16.0 Å². The Labute approximate surface area is 125 Å². The highest BCUT2D eigenvalue weighted by atomic mass is 16.2. The molecule has 0 aliphatic heterocycles. The van der Waals surface area contributed by atoms with Gasteiger partial charge in [-0.3, -0.25) is 4.79 Å². The number of carbonyl (C=O) groups is 2. The second-order valence-electron chi connectivity index (χ2n) is 5.39. The van der Waals surface area contributed by atoms with Crippen LogP contribution in [0.15, 0.2) is 30.3 Å². The van der Waals surface area contributed by atoms with E-state index in [4.69, 9.17) is 0 Å². The SMILES string of the molecule is O=C(CCNC(=O)NCc1ccccc1)NC1CCCC1. The van der Waals surface area contributed by atoms with Crippen molar-refractivity contribution in [3.63, 3.8) is 0 Å². The Hall–Kier alpha value is -2.04. The maximum Gasteiger partial charge on any atom is 0.315 e. The minimum absolute atomic E-state index is 0.0188. The van der Waals surface area contributed by atoms with E-state index in [9.17, 15) is 9.59 Å². The summed E-state index contributed by atoms with van der Waals surface area (Å²) >= 11 is 0. The molecule has 0 bridgehead atoms. The predicted octanol–water partition coefficient (Wildman–Crippen LogP) is 1.93. The summed E-state index contributed by atoms with van der Waals surface area (Å²) in [5.41, 5.74) is 1.05. The summed E-state index contributed by atoms with van der Waals surface area (Å²) in [5, 5.41) is 8.46. The van der Waals surface area contributed by atoms with Crippen molar-refractivity contribution in [3.8, 4) is 0 Å². The van der Waals surface area contributed by atoms with Crippen molar-refractivity contribution in [2.24, 2.45) is 0 Å². The molecule has 0 aromatic heterocycles. The van der Waals surface area contributed by atoms with E-state index in [-0.39, 0.29) is 11.9 Å². The molecule has 1 fully saturated rings. The van der Waals surface area contributed by atoms with Crippen molar-refractivity contribution in [1.82, 2.24) is 16.0 Å². The van der Waals surface area contributed by atoms with Gasteiger partial charge in [0.2, 0.25) is 5.91 Å². The number of rotatable bonds is 6. The molecule has 1 aliphatic carbocycles. The maximum atomic E-state index is 11.7. The summed E-state index contributed by atoms with van der Waals surface area (Å²) < 4.78 is 0. The first-order valence-electron chi connectivity index (χ1n) is 7.59. The molecular weight excluding hydrogens is 266 g/mol. The third kappa shape index (κ3) is 5.85. The van der Waals surface area contributed by atoms with Crippen LogP contribution in [0.4, 0.5) is 4.79 Å². The number of hydrogen-bond acceptors (Lipinski definition) is 2. The van der Waals surface area contributed by atoms with Gasteiger partial charge in [0.25, 0.3) is 0 Å². The molecular formula is C16H23N3O2. The smallest absolute Gasteiger partial charge is 0.315 e. The van der Waals surface area contributed by atoms with Crippen LogP contribution in [0.1, 0.15) is 37.7 Å². The molecule has 3 amide bonds. The van der Waals surface area contributed by atoms with Gasteiger partial charge in [0.1, 0.15) is 0 Å². The summed E-state index contributed by atoms with van der Waals surface area (Å²) in [5.74, 6) is 0.0188. The van der Waals surface area contributed by atoms with E-state index in [2.05, 4.69) is 16.0 Å². The van der Waals surface area contributed by atoms with E-state index < -0.39 is 0 Å². The third-order valence-corrected chi connectivity index (χ3v) is 3.65. The Morgan fingerprint density at radius 1 is 1.05 bits per heavy atom. The molecule has 0 unspecified atom stereocenters. The second-order valence-corrected chi connectivity index (χ2v) is 5.39. The molecule has 1 aromatic carbocycles. The van der Waals surface area contributed by atoms with Crippen LogP contribution in [0.2, 0.25) is 0 Å². The number of amides is 3. The van der Waals surface area contributed by atoms with E-state index in [0.29, 0.717) is 25.6 Å². The molecule has 1 aromatic rings. The van der Waals surface area contributed by atoms with E-state index in [1.165, 1.54) is 12.8 Å². The van der Waals surface area contributed by atoms with Gasteiger partial charge in [0, 0.05) is 25.6 Å². The topological polar surface area (TPSA) is 70.2 Å². The van der Waals surface area contributed by atoms with E-state index in [1.54, 1.807) is 0 Å². The van der Waals surface area contributed by atoms with Crippen LogP contribution >= 0.6 is 0 Å². The summed E-state index contributed by atoms with van der Waals surface area (Å²) in [6.45, 7) is 0.847. The second kappa shape index (κ2) is 8.29. The van der Waals surface area contributed by atoms with Crippen LogP contribution in [0.5, 0.6) is 0 Å². The van der Waals surface area contributed by atoms with Crippen molar-refractivity contribution in [1.29, 1.82) is 0 Å². The molecule has 2 rings (SSSR count). The van der Waals surface area contributed by atoms with Gasteiger partial charge in [-0.15, -0.1) is 0 Å². The number of urea groups is 1. The van der Waals surface area contributed by atoms with Gasteiger partial charge in [0.15, 0.2) is 0 Å². The fraction of sp³-hybridized carbons (Fsp3) is 0.500. The molecule has 21 heavy (non-hydrogen) atoms. The predicted molar refractivity (Wildman–Crippen MR) is 81.7 cm³/mol. The van der Waals surface area contributed by atoms with Crippen molar-refractivity contribution < 1.29 is 9.59 Å². The molecule has 3 N–H and O–H groups in total. The zero-order valence-electron chi connectivity index (χ0n) is 12.2. The minimum atomic E-state index is -0.243. The Kier molecular flexibility index (Phi) is 6.06. The number of hydrogen-bond donors (Lipinski definition) is 3. The zero-order valence-corrected chi connectivity index (χ0v) is 12.2. The van der Waals surface area contributed by atoms with Gasteiger partial charge >= 0.3 is 6.03 Å². The molecule has 5 heteroatoms. The Bertz CT molecular complexity index is 456. The fourth-order valence-corrected chi connectivity index (χ4v) is 2.50. The highest BCUT2D eigenvalue weighted by Crippen LogP contribution is 2.17. The Morgan fingerprint density at radius 2 is 1.76 bits per heavy atom. The van der Waals surface area contributed by atoms with E-state index in [1.807, 2.05) is 30.3 Å². The molecule has 0 saturated heterocycles. The first-order valence-corrected chi connectivity index (χ1v) is 7.59. The maximum absolute atomic E-state index is 11.7. The van der Waals surface area contributed by atoms with Crippen LogP contribution in [-0.4, -0.2) is 24.5 Å². The molecule has 5 nitrogen and oxygen atoms in total. The first-order chi connectivity index (χ1) is 10.2. The minimum Gasteiger partial charge on any atom is -0.353 e. The van der Waals surface area contributed by atoms with E-state index >= 15 is 0 Å². The normalized spacial score (nSPS) is 14.7. The average molecular weight is 289 g/mol. The molecule has 0 heterocycles. The van der Waals surface area contributed by atoms with Gasteiger partial charge in [-0.2, -0.15) is 0 Å². The largest absolute Gasteiger partial charge is 0.353 e. The van der Waals surface area contributed by atoms with Gasteiger partial charge in [-0.1, -0.05) is 43.2 Å². The number of carbonyl (C=O) groups excluding carboxylic acids is 2. The van der Waals surface area contributed by atoms with Gasteiger partial charge in [-0.05, 0) is 18.4 Å². The van der Waals surface area contributed by atoms with Crippen LogP contribution in [0.3, 0.4) is 0 Å². The van der Waals surface area contributed by atoms with Crippen LogP contribution < -0.4 is 16.0 Å². The number of benzene rings is 1. The average Bonchev–Trinajstić information content (AvgIpc) is 2.99. The molecule has 1 aliphatic rings. The molecule has 0 radical (unpaired) electrons. The monoisotopic (exact) mass is 289 g/mol. The van der Waals surface area contributed by atoms with Crippen molar-refractivity contribution in [3.05, 3.63) is 35.9 Å². The Morgan fingerprint density at radius 3 is 2.48 bits per heavy atom. The summed E-state index contributed by atoms with van der Waals surface area (Å²) in [6.07, 6.45) is 4.89. The quantitative estimate of drug-likeness (QED) is 0.749. The lowest BCUT2D eigenvalue weighted by Crippen LogP contribution is -2.39. The standard InChI is InChI=1S/C16H23N3O2/c20-15(19-14-8-4-5-9-14)10-11-17-16(21)18-12-13-6-2-1-3-7-13/h1-3,6-7,14H,4-5,8-12H2,(H,19,20)(H2,17,18,21). The van der Waals surface area contributed by atoms with E-state index in [0.717, 1.165) is 18.4 Å². The van der Waals surface area contributed by atoms with Gasteiger partial charge in [-0.25, -0.2) is 4.79 Å². The fourth-order valence-electron chi connectivity index (χ4n) is 2.50. The summed E-state index contributed by atoms with van der Waals surface area (Å²) in [7, 11) is 0. The lowest BCUT2D eigenvalue weighted by atomic mass is 10.2. The van der Waals surface area contributed by atoms with Crippen LogP contribution in [0.25, 0.3) is 0 Å². The highest BCUT2D eigenvalue weighted by molar-refractivity contribution is 5.78. The summed E-state index contributed by atoms with van der Waals surface area (Å²) in [6, 6.07) is 9.80.